The normalized spacial score (nSPS) is 15.8. The van der Waals surface area contributed by atoms with Gasteiger partial charge in [0.25, 0.3) is 5.91 Å². The zero-order valence-corrected chi connectivity index (χ0v) is 21.4. The fourth-order valence-electron chi connectivity index (χ4n) is 4.71. The summed E-state index contributed by atoms with van der Waals surface area (Å²) < 4.78 is 5.29. The molecule has 0 spiro atoms. The van der Waals surface area contributed by atoms with Gasteiger partial charge in [-0.15, -0.1) is 0 Å². The minimum absolute atomic E-state index is 0.0149. The number of aryl methyl sites for hydroxylation is 2. The van der Waals surface area contributed by atoms with Crippen molar-refractivity contribution in [2.45, 2.75) is 26.3 Å². The van der Waals surface area contributed by atoms with Crippen molar-refractivity contribution >= 4 is 22.7 Å². The summed E-state index contributed by atoms with van der Waals surface area (Å²) >= 11 is 0. The molecule has 6 nitrogen and oxygen atoms in total. The summed E-state index contributed by atoms with van der Waals surface area (Å²) in [7, 11) is 0. The molecule has 2 aliphatic heterocycles. The molecule has 2 fully saturated rings. The van der Waals surface area contributed by atoms with Gasteiger partial charge < -0.3 is 19.5 Å². The van der Waals surface area contributed by atoms with Crippen LogP contribution in [0.25, 0.3) is 10.9 Å². The number of aromatic nitrogens is 1. The highest BCUT2D eigenvalue weighted by Gasteiger charge is 2.29. The predicted octanol–water partition coefficient (Wildman–Crippen LogP) is 5.07. The molecular weight excluding hydrogens is 462 g/mol. The van der Waals surface area contributed by atoms with Crippen molar-refractivity contribution < 1.29 is 14.3 Å². The van der Waals surface area contributed by atoms with Crippen LogP contribution in [0.2, 0.25) is 0 Å². The van der Waals surface area contributed by atoms with Crippen molar-refractivity contribution in [3.8, 4) is 0 Å². The molecule has 0 radical (unpaired) electrons. The Hall–Kier alpha value is -3.90. The molecule has 4 aromatic rings. The van der Waals surface area contributed by atoms with E-state index in [-0.39, 0.29) is 18.4 Å². The van der Waals surface area contributed by atoms with Crippen LogP contribution in [0, 0.1) is 13.8 Å². The number of hydrogen-bond acceptors (Lipinski definition) is 3. The van der Waals surface area contributed by atoms with Crippen LogP contribution in [-0.4, -0.2) is 59.4 Å². The van der Waals surface area contributed by atoms with Gasteiger partial charge in [-0.3, -0.25) is 9.59 Å². The van der Waals surface area contributed by atoms with Gasteiger partial charge in [0, 0.05) is 36.5 Å². The highest BCUT2D eigenvalue weighted by atomic mass is 16.5. The average Bonchev–Trinajstić information content (AvgIpc) is 3.28. The van der Waals surface area contributed by atoms with Crippen LogP contribution >= 0.6 is 0 Å². The van der Waals surface area contributed by atoms with Crippen molar-refractivity contribution in [3.63, 3.8) is 0 Å². The molecular formula is C31H33N3O3. The predicted molar refractivity (Wildman–Crippen MR) is 146 cm³/mol. The van der Waals surface area contributed by atoms with Gasteiger partial charge in [-0.2, -0.15) is 0 Å². The second-order valence-corrected chi connectivity index (χ2v) is 9.95. The number of carbonyl (C=O) groups excluding carboxylic acids is 2. The second kappa shape index (κ2) is 11.0. The number of amides is 2. The third kappa shape index (κ3) is 5.92. The highest BCUT2D eigenvalue weighted by molar-refractivity contribution is 6.00. The largest absolute Gasteiger partial charge is 0.380 e. The van der Waals surface area contributed by atoms with Crippen molar-refractivity contribution in [3.05, 3.63) is 107 Å². The number of nitrogens with zero attached hydrogens (tertiary/aromatic N) is 2. The van der Waals surface area contributed by atoms with Crippen LogP contribution in [-0.2, 0) is 16.1 Å². The molecule has 2 aliphatic rings. The number of piperazine rings is 1. The van der Waals surface area contributed by atoms with Gasteiger partial charge in [0.05, 0.1) is 13.2 Å². The Kier molecular flexibility index (Phi) is 7.37. The molecule has 0 bridgehead atoms. The number of ether oxygens (including phenoxy) is 1. The van der Waals surface area contributed by atoms with Gasteiger partial charge in [0.1, 0.15) is 12.2 Å². The van der Waals surface area contributed by atoms with E-state index < -0.39 is 0 Å². The van der Waals surface area contributed by atoms with E-state index in [1.165, 1.54) is 11.1 Å². The van der Waals surface area contributed by atoms with Crippen LogP contribution in [0.15, 0.2) is 78.9 Å². The third-order valence-corrected chi connectivity index (χ3v) is 6.99. The Morgan fingerprint density at radius 1 is 0.919 bits per heavy atom. The average molecular weight is 496 g/mol. The maximum atomic E-state index is 12.9. The first kappa shape index (κ1) is 24.8. The van der Waals surface area contributed by atoms with Crippen LogP contribution in [0.1, 0.15) is 38.7 Å². The third-order valence-electron chi connectivity index (χ3n) is 6.99. The summed E-state index contributed by atoms with van der Waals surface area (Å²) in [6.45, 7) is 7.43. The maximum absolute atomic E-state index is 12.9. The number of hydrogen-bond donors (Lipinski definition) is 1. The molecule has 0 saturated carbocycles. The Labute approximate surface area is 217 Å². The van der Waals surface area contributed by atoms with Crippen LogP contribution in [0.4, 0.5) is 0 Å². The molecule has 37 heavy (non-hydrogen) atoms. The first-order chi connectivity index (χ1) is 18.0. The maximum Gasteiger partial charge on any atom is 0.270 e. The summed E-state index contributed by atoms with van der Waals surface area (Å²) in [5.41, 5.74) is 6.34. The first-order valence-electron chi connectivity index (χ1n) is 12.8. The quantitative estimate of drug-likeness (QED) is 0.430. The molecule has 6 heteroatoms. The summed E-state index contributed by atoms with van der Waals surface area (Å²) in [5, 5.41) is 1.01. The molecule has 1 N–H and O–H groups in total. The van der Waals surface area contributed by atoms with E-state index in [4.69, 9.17) is 4.74 Å². The molecule has 190 valence electrons. The molecule has 2 saturated heterocycles. The topological polar surface area (TPSA) is 65.6 Å². The van der Waals surface area contributed by atoms with Crippen LogP contribution < -0.4 is 0 Å². The second-order valence-electron chi connectivity index (χ2n) is 9.95. The summed E-state index contributed by atoms with van der Waals surface area (Å²) in [6, 6.07) is 26.6. The Morgan fingerprint density at radius 3 is 2.41 bits per heavy atom. The Morgan fingerprint density at radius 2 is 1.73 bits per heavy atom. The molecule has 0 unspecified atom stereocenters. The first-order valence-corrected chi connectivity index (χ1v) is 12.8. The van der Waals surface area contributed by atoms with Gasteiger partial charge in [-0.1, -0.05) is 71.8 Å². The van der Waals surface area contributed by atoms with Gasteiger partial charge in [0.2, 0.25) is 5.91 Å². The lowest BCUT2D eigenvalue weighted by Crippen LogP contribution is -2.51. The fourth-order valence-corrected chi connectivity index (χ4v) is 4.71. The summed E-state index contributed by atoms with van der Waals surface area (Å²) in [4.78, 5) is 32.4. The SMILES string of the molecule is Cc1ccc2[nH]c(C(=O)N3CCN(Cc4cccc(C5COC5)c4)C(=O)C3)cc2c1.Cc1ccccc1. The zero-order chi connectivity index (χ0) is 25.8. The minimum atomic E-state index is -0.121. The lowest BCUT2D eigenvalue weighted by atomic mass is 9.96. The van der Waals surface area contributed by atoms with Crippen molar-refractivity contribution in [1.29, 1.82) is 0 Å². The standard InChI is InChI=1S/C24H25N3O3.C7H8/c1-16-5-6-21-19(9-16)11-22(25-21)24(29)27-8-7-26(23(28)13-27)12-17-3-2-4-18(10-17)20-14-30-15-20;1-7-5-3-2-4-6-7/h2-6,9-11,20,25H,7-8,12-15H2,1H3;2-6H,1H3. The van der Waals surface area contributed by atoms with Gasteiger partial charge in [0.15, 0.2) is 0 Å². The molecule has 3 heterocycles. The number of H-pyrrole nitrogens is 1. The van der Waals surface area contributed by atoms with E-state index in [0.717, 1.165) is 35.2 Å². The van der Waals surface area contributed by atoms with E-state index in [9.17, 15) is 9.59 Å². The fraction of sp³-hybridized carbons (Fsp3) is 0.290. The van der Waals surface area contributed by atoms with Crippen molar-refractivity contribution in [1.82, 2.24) is 14.8 Å². The summed E-state index contributed by atoms with van der Waals surface area (Å²) in [6.07, 6.45) is 0. The molecule has 6 rings (SSSR count). The molecule has 3 aromatic carbocycles. The van der Waals surface area contributed by atoms with Gasteiger partial charge in [-0.05, 0) is 43.2 Å². The highest BCUT2D eigenvalue weighted by Crippen LogP contribution is 2.25. The van der Waals surface area contributed by atoms with Crippen LogP contribution in [0.3, 0.4) is 0 Å². The molecule has 0 atom stereocenters. The summed E-state index contributed by atoms with van der Waals surface area (Å²) in [5.74, 6) is 0.331. The van der Waals surface area contributed by atoms with Gasteiger partial charge >= 0.3 is 0 Å². The van der Waals surface area contributed by atoms with Gasteiger partial charge in [-0.25, -0.2) is 0 Å². The van der Waals surface area contributed by atoms with E-state index in [2.05, 4.69) is 48.3 Å². The van der Waals surface area contributed by atoms with Crippen molar-refractivity contribution in [2.24, 2.45) is 0 Å². The lowest BCUT2D eigenvalue weighted by Gasteiger charge is -2.34. The smallest absolute Gasteiger partial charge is 0.270 e. The Balaban J connectivity index is 0.000000348. The molecule has 1 aromatic heterocycles. The number of carbonyl (C=O) groups is 2. The number of aromatic amines is 1. The van der Waals surface area contributed by atoms with E-state index in [0.29, 0.717) is 31.2 Å². The number of rotatable bonds is 4. The minimum Gasteiger partial charge on any atom is -0.380 e. The number of nitrogens with one attached hydrogen (secondary N) is 1. The van der Waals surface area contributed by atoms with Crippen molar-refractivity contribution in [2.75, 3.05) is 32.8 Å². The molecule has 2 amide bonds. The van der Waals surface area contributed by atoms with E-state index in [1.807, 2.05) is 54.3 Å². The van der Waals surface area contributed by atoms with E-state index >= 15 is 0 Å². The molecule has 0 aliphatic carbocycles. The van der Waals surface area contributed by atoms with Crippen LogP contribution in [0.5, 0.6) is 0 Å². The van der Waals surface area contributed by atoms with E-state index in [1.54, 1.807) is 4.90 Å². The number of fused-ring (bicyclic) bond motifs is 1. The Bertz CT molecular complexity index is 1390. The zero-order valence-electron chi connectivity index (χ0n) is 21.4. The lowest BCUT2D eigenvalue weighted by molar-refractivity contribution is -0.135. The number of benzene rings is 3. The monoisotopic (exact) mass is 495 g/mol.